The summed E-state index contributed by atoms with van der Waals surface area (Å²) in [4.78, 5) is 15.8. The zero-order chi connectivity index (χ0) is 18.2. The summed E-state index contributed by atoms with van der Waals surface area (Å²) in [7, 11) is 0. The molecule has 0 aliphatic heterocycles. The molecule has 0 unspecified atom stereocenters. The Morgan fingerprint density at radius 3 is 2.69 bits per heavy atom. The van der Waals surface area contributed by atoms with Crippen LogP contribution in [-0.2, 0) is 11.3 Å². The average Bonchev–Trinajstić information content (AvgIpc) is 2.68. The molecular formula is C21H17FN2O2. The molecule has 0 bridgehead atoms. The lowest BCUT2D eigenvalue weighted by Crippen LogP contribution is -2.20. The van der Waals surface area contributed by atoms with Crippen LogP contribution in [0.15, 0.2) is 79.1 Å². The summed E-state index contributed by atoms with van der Waals surface area (Å²) in [5, 5.41) is 2.78. The van der Waals surface area contributed by atoms with Crippen LogP contribution in [0.5, 0.6) is 11.5 Å². The van der Waals surface area contributed by atoms with E-state index in [0.29, 0.717) is 17.9 Å². The average molecular weight is 348 g/mol. The quantitative estimate of drug-likeness (QED) is 0.674. The van der Waals surface area contributed by atoms with Crippen molar-refractivity contribution in [2.75, 3.05) is 0 Å². The summed E-state index contributed by atoms with van der Waals surface area (Å²) in [5.41, 5.74) is 1.58. The molecule has 1 aromatic heterocycles. The first-order valence-corrected chi connectivity index (χ1v) is 8.08. The lowest BCUT2D eigenvalue weighted by molar-refractivity contribution is -0.116. The Morgan fingerprint density at radius 1 is 1.12 bits per heavy atom. The van der Waals surface area contributed by atoms with Crippen molar-refractivity contribution in [3.8, 4) is 11.5 Å². The van der Waals surface area contributed by atoms with Gasteiger partial charge in [-0.2, -0.15) is 0 Å². The van der Waals surface area contributed by atoms with E-state index in [2.05, 4.69) is 10.3 Å². The first-order valence-electron chi connectivity index (χ1n) is 8.08. The number of benzene rings is 2. The molecule has 0 aliphatic carbocycles. The minimum atomic E-state index is -0.513. The molecule has 2 aromatic carbocycles. The number of ether oxygens (including phenoxy) is 1. The number of amides is 1. The molecule has 0 radical (unpaired) electrons. The summed E-state index contributed by atoms with van der Waals surface area (Å²) in [6.07, 6.45) is 6.04. The number of hydrogen-bond donors (Lipinski definition) is 1. The maximum absolute atomic E-state index is 14.1. The van der Waals surface area contributed by atoms with E-state index in [-0.39, 0.29) is 11.7 Å². The van der Waals surface area contributed by atoms with E-state index in [4.69, 9.17) is 4.74 Å². The third kappa shape index (κ3) is 5.01. The van der Waals surface area contributed by atoms with Crippen LogP contribution in [0.4, 0.5) is 4.39 Å². The number of nitrogens with one attached hydrogen (secondary N) is 1. The third-order valence-corrected chi connectivity index (χ3v) is 3.55. The van der Waals surface area contributed by atoms with E-state index in [1.54, 1.807) is 30.5 Å². The van der Waals surface area contributed by atoms with Crippen LogP contribution in [0.2, 0.25) is 0 Å². The fraction of sp³-hybridized carbons (Fsp3) is 0.0476. The van der Waals surface area contributed by atoms with Crippen molar-refractivity contribution >= 4 is 12.0 Å². The molecule has 1 amide bonds. The van der Waals surface area contributed by atoms with Crippen molar-refractivity contribution in [2.45, 2.75) is 6.54 Å². The van der Waals surface area contributed by atoms with E-state index in [1.807, 2.05) is 30.3 Å². The first kappa shape index (κ1) is 17.4. The van der Waals surface area contributed by atoms with Gasteiger partial charge in [0.25, 0.3) is 0 Å². The Kier molecular flexibility index (Phi) is 5.72. The molecule has 0 saturated carbocycles. The van der Waals surface area contributed by atoms with Crippen molar-refractivity contribution in [1.82, 2.24) is 10.3 Å². The summed E-state index contributed by atoms with van der Waals surface area (Å²) in [6, 6.07) is 17.5. The van der Waals surface area contributed by atoms with Gasteiger partial charge in [0.2, 0.25) is 5.91 Å². The summed E-state index contributed by atoms with van der Waals surface area (Å²) >= 11 is 0. The molecule has 0 fully saturated rings. The zero-order valence-corrected chi connectivity index (χ0v) is 13.9. The smallest absolute Gasteiger partial charge is 0.244 e. The van der Waals surface area contributed by atoms with E-state index < -0.39 is 5.82 Å². The standard InChI is InChI=1S/C21H17FN2O2/c22-19-13-16(8-10-20(19)26-18-7-4-12-23-15-18)9-11-21(25)24-14-17-5-2-1-3-6-17/h1-13,15H,14H2,(H,24,25)/b11-9+. The van der Waals surface area contributed by atoms with Gasteiger partial charge in [0.1, 0.15) is 5.75 Å². The largest absolute Gasteiger partial charge is 0.453 e. The highest BCUT2D eigenvalue weighted by atomic mass is 19.1. The highest BCUT2D eigenvalue weighted by Gasteiger charge is 2.05. The Hall–Kier alpha value is -3.47. The topological polar surface area (TPSA) is 51.2 Å². The zero-order valence-electron chi connectivity index (χ0n) is 13.9. The van der Waals surface area contributed by atoms with Crippen LogP contribution in [0, 0.1) is 5.82 Å². The summed E-state index contributed by atoms with van der Waals surface area (Å²) in [5.74, 6) is -0.204. The highest BCUT2D eigenvalue weighted by molar-refractivity contribution is 5.91. The van der Waals surface area contributed by atoms with Gasteiger partial charge >= 0.3 is 0 Å². The van der Waals surface area contributed by atoms with Crippen LogP contribution in [0.25, 0.3) is 6.08 Å². The number of halogens is 1. The van der Waals surface area contributed by atoms with Gasteiger partial charge in [0, 0.05) is 18.8 Å². The molecule has 3 rings (SSSR count). The number of carbonyl (C=O) groups excluding carboxylic acids is 1. The van der Waals surface area contributed by atoms with Crippen LogP contribution in [0.1, 0.15) is 11.1 Å². The van der Waals surface area contributed by atoms with Gasteiger partial charge in [-0.25, -0.2) is 4.39 Å². The van der Waals surface area contributed by atoms with Gasteiger partial charge in [-0.05, 0) is 41.5 Å². The lowest BCUT2D eigenvalue weighted by Gasteiger charge is -2.06. The molecule has 26 heavy (non-hydrogen) atoms. The second-order valence-electron chi connectivity index (χ2n) is 5.52. The Bertz CT molecular complexity index is 896. The number of hydrogen-bond acceptors (Lipinski definition) is 3. The number of pyridine rings is 1. The summed E-state index contributed by atoms with van der Waals surface area (Å²) in [6.45, 7) is 0.441. The molecule has 5 heteroatoms. The van der Waals surface area contributed by atoms with Gasteiger partial charge < -0.3 is 10.1 Å². The predicted molar refractivity (Wildman–Crippen MR) is 98.0 cm³/mol. The van der Waals surface area contributed by atoms with Crippen molar-refractivity contribution in [3.63, 3.8) is 0 Å². The van der Waals surface area contributed by atoms with E-state index in [1.165, 1.54) is 24.4 Å². The molecular weight excluding hydrogens is 331 g/mol. The van der Waals surface area contributed by atoms with Crippen LogP contribution >= 0.6 is 0 Å². The molecule has 1 heterocycles. The SMILES string of the molecule is O=C(/C=C/c1ccc(Oc2cccnc2)c(F)c1)NCc1ccccc1. The number of carbonyl (C=O) groups is 1. The minimum Gasteiger partial charge on any atom is -0.453 e. The van der Waals surface area contributed by atoms with E-state index in [0.717, 1.165) is 5.56 Å². The third-order valence-electron chi connectivity index (χ3n) is 3.55. The maximum Gasteiger partial charge on any atom is 0.244 e. The van der Waals surface area contributed by atoms with E-state index in [9.17, 15) is 9.18 Å². The second-order valence-corrected chi connectivity index (χ2v) is 5.52. The maximum atomic E-state index is 14.1. The van der Waals surface area contributed by atoms with E-state index >= 15 is 0 Å². The second kappa shape index (κ2) is 8.58. The van der Waals surface area contributed by atoms with Gasteiger partial charge in [0.05, 0.1) is 6.20 Å². The Labute approximate surface area is 151 Å². The monoisotopic (exact) mass is 348 g/mol. The predicted octanol–water partition coefficient (Wildman–Crippen LogP) is 4.34. The van der Waals surface area contributed by atoms with Crippen molar-refractivity contribution in [3.05, 3.63) is 96.1 Å². The minimum absolute atomic E-state index is 0.101. The number of rotatable bonds is 6. The molecule has 0 saturated heterocycles. The lowest BCUT2D eigenvalue weighted by atomic mass is 10.2. The van der Waals surface area contributed by atoms with Crippen LogP contribution < -0.4 is 10.1 Å². The fourth-order valence-electron chi connectivity index (χ4n) is 2.25. The highest BCUT2D eigenvalue weighted by Crippen LogP contribution is 2.24. The van der Waals surface area contributed by atoms with Crippen molar-refractivity contribution < 1.29 is 13.9 Å². The molecule has 3 aromatic rings. The summed E-state index contributed by atoms with van der Waals surface area (Å²) < 4.78 is 19.6. The van der Waals surface area contributed by atoms with Gasteiger partial charge in [-0.1, -0.05) is 36.4 Å². The molecule has 0 aliphatic rings. The number of nitrogens with zero attached hydrogens (tertiary/aromatic N) is 1. The molecule has 4 nitrogen and oxygen atoms in total. The van der Waals surface area contributed by atoms with Gasteiger partial charge in [0.15, 0.2) is 11.6 Å². The molecule has 1 N–H and O–H groups in total. The molecule has 130 valence electrons. The first-order chi connectivity index (χ1) is 12.7. The Balaban J connectivity index is 1.58. The van der Waals surface area contributed by atoms with Crippen LogP contribution in [-0.4, -0.2) is 10.9 Å². The van der Waals surface area contributed by atoms with Gasteiger partial charge in [-0.15, -0.1) is 0 Å². The molecule has 0 atom stereocenters. The fourth-order valence-corrected chi connectivity index (χ4v) is 2.25. The van der Waals surface area contributed by atoms with Crippen LogP contribution in [0.3, 0.4) is 0 Å². The van der Waals surface area contributed by atoms with Gasteiger partial charge in [-0.3, -0.25) is 9.78 Å². The van der Waals surface area contributed by atoms with Crippen molar-refractivity contribution in [2.24, 2.45) is 0 Å². The normalized spacial score (nSPS) is 10.7. The number of aromatic nitrogens is 1. The molecule has 0 spiro atoms. The Morgan fingerprint density at radius 2 is 1.96 bits per heavy atom. The van der Waals surface area contributed by atoms with Crippen molar-refractivity contribution in [1.29, 1.82) is 0 Å².